The van der Waals surface area contributed by atoms with Crippen LogP contribution in [0, 0.1) is 0 Å². The highest BCUT2D eigenvalue weighted by Crippen LogP contribution is 2.43. The number of rotatable bonds is 2. The summed E-state index contributed by atoms with van der Waals surface area (Å²) in [5.74, 6) is 0.739. The van der Waals surface area contributed by atoms with E-state index in [0.717, 1.165) is 24.5 Å². The number of aromatic nitrogens is 2. The number of nitrogens with zero attached hydrogens (tertiary/aromatic N) is 1. The Morgan fingerprint density at radius 1 is 1.46 bits per heavy atom. The van der Waals surface area contributed by atoms with E-state index in [-0.39, 0.29) is 5.54 Å². The van der Waals surface area contributed by atoms with Gasteiger partial charge >= 0.3 is 0 Å². The Kier molecular flexibility index (Phi) is 1.37. The van der Waals surface area contributed by atoms with Crippen molar-refractivity contribution in [3.63, 3.8) is 0 Å². The summed E-state index contributed by atoms with van der Waals surface area (Å²) in [6.45, 7) is 0. The first kappa shape index (κ1) is 7.56. The van der Waals surface area contributed by atoms with E-state index < -0.39 is 0 Å². The molecule has 2 fully saturated rings. The topological polar surface area (TPSA) is 54.7 Å². The average Bonchev–Trinajstić information content (AvgIpc) is 2.61. The fourth-order valence-electron chi connectivity index (χ4n) is 1.91. The third kappa shape index (κ3) is 1.10. The minimum absolute atomic E-state index is 0.0709. The molecular formula is C10H15N3. The summed E-state index contributed by atoms with van der Waals surface area (Å²) in [6, 6.07) is 2.18. The average molecular weight is 177 g/mol. The summed E-state index contributed by atoms with van der Waals surface area (Å²) < 4.78 is 0. The third-order valence-electron chi connectivity index (χ3n) is 3.44. The molecule has 3 N–H and O–H groups in total. The van der Waals surface area contributed by atoms with Crippen LogP contribution in [0.5, 0.6) is 0 Å². The van der Waals surface area contributed by atoms with Crippen molar-refractivity contribution in [2.45, 2.75) is 43.6 Å². The zero-order valence-electron chi connectivity index (χ0n) is 7.71. The number of nitrogens with two attached hydrogens (primary N) is 1. The zero-order chi connectivity index (χ0) is 8.89. The van der Waals surface area contributed by atoms with Crippen molar-refractivity contribution in [2.24, 2.45) is 5.73 Å². The molecule has 13 heavy (non-hydrogen) atoms. The van der Waals surface area contributed by atoms with Crippen LogP contribution >= 0.6 is 0 Å². The molecule has 0 spiro atoms. The Bertz CT molecular complexity index is 321. The number of H-pyrrole nitrogens is 1. The van der Waals surface area contributed by atoms with E-state index in [1.54, 1.807) is 0 Å². The van der Waals surface area contributed by atoms with E-state index >= 15 is 0 Å². The Morgan fingerprint density at radius 2 is 2.23 bits per heavy atom. The molecule has 3 nitrogen and oxygen atoms in total. The molecular weight excluding hydrogens is 162 g/mol. The molecule has 0 bridgehead atoms. The minimum Gasteiger partial charge on any atom is -0.320 e. The van der Waals surface area contributed by atoms with E-state index in [2.05, 4.69) is 16.3 Å². The lowest BCUT2D eigenvalue weighted by Crippen LogP contribution is -2.19. The highest BCUT2D eigenvalue weighted by molar-refractivity contribution is 5.25. The van der Waals surface area contributed by atoms with E-state index in [0.29, 0.717) is 0 Å². The molecule has 70 valence electrons. The molecule has 0 unspecified atom stereocenters. The summed E-state index contributed by atoms with van der Waals surface area (Å²) in [4.78, 5) is 0. The van der Waals surface area contributed by atoms with Gasteiger partial charge in [0, 0.05) is 11.6 Å². The Labute approximate surface area is 77.7 Å². The monoisotopic (exact) mass is 177 g/mol. The molecule has 0 aliphatic heterocycles. The standard InChI is InChI=1S/C10H15N3/c11-10(4-5-10)9-6-8(12-13-9)7-2-1-3-7/h6-7H,1-5,11H2,(H,12,13). The van der Waals surface area contributed by atoms with Crippen LogP contribution in [-0.4, -0.2) is 10.2 Å². The van der Waals surface area contributed by atoms with Crippen LogP contribution in [0.1, 0.15) is 49.4 Å². The summed E-state index contributed by atoms with van der Waals surface area (Å²) in [5.41, 5.74) is 8.37. The summed E-state index contributed by atoms with van der Waals surface area (Å²) in [6.07, 6.45) is 6.20. The van der Waals surface area contributed by atoms with E-state index in [1.807, 2.05) is 0 Å². The van der Waals surface area contributed by atoms with Gasteiger partial charge in [-0.25, -0.2) is 0 Å². The fraction of sp³-hybridized carbons (Fsp3) is 0.700. The van der Waals surface area contributed by atoms with Gasteiger partial charge in [-0.15, -0.1) is 0 Å². The first-order valence-corrected chi connectivity index (χ1v) is 5.13. The van der Waals surface area contributed by atoms with Crippen LogP contribution in [0.4, 0.5) is 0 Å². The van der Waals surface area contributed by atoms with Crippen molar-refractivity contribution in [3.8, 4) is 0 Å². The second-order valence-corrected chi connectivity index (χ2v) is 4.49. The van der Waals surface area contributed by atoms with E-state index in [9.17, 15) is 0 Å². The van der Waals surface area contributed by atoms with Gasteiger partial charge in [-0.05, 0) is 31.7 Å². The highest BCUT2D eigenvalue weighted by atomic mass is 15.1. The summed E-state index contributed by atoms with van der Waals surface area (Å²) in [7, 11) is 0. The largest absolute Gasteiger partial charge is 0.320 e. The molecule has 0 saturated heterocycles. The smallest absolute Gasteiger partial charge is 0.0823 e. The number of hydrogen-bond donors (Lipinski definition) is 2. The first-order chi connectivity index (χ1) is 6.28. The van der Waals surface area contributed by atoms with Crippen molar-refractivity contribution >= 4 is 0 Å². The predicted octanol–water partition coefficient (Wildman–Crippen LogP) is 1.62. The maximum absolute atomic E-state index is 6.06. The number of aromatic amines is 1. The van der Waals surface area contributed by atoms with Gasteiger partial charge in [-0.1, -0.05) is 6.42 Å². The fourth-order valence-corrected chi connectivity index (χ4v) is 1.91. The molecule has 1 aromatic rings. The Hall–Kier alpha value is -0.830. The van der Waals surface area contributed by atoms with Crippen molar-refractivity contribution in [3.05, 3.63) is 17.5 Å². The lowest BCUT2D eigenvalue weighted by molar-refractivity contribution is 0.410. The third-order valence-corrected chi connectivity index (χ3v) is 3.44. The van der Waals surface area contributed by atoms with Crippen molar-refractivity contribution in [1.82, 2.24) is 10.2 Å². The lowest BCUT2D eigenvalue weighted by Gasteiger charge is -2.23. The molecule has 3 heteroatoms. The molecule has 1 aromatic heterocycles. The quantitative estimate of drug-likeness (QED) is 0.721. The molecule has 0 amide bonds. The van der Waals surface area contributed by atoms with Gasteiger partial charge in [0.2, 0.25) is 0 Å². The van der Waals surface area contributed by atoms with Crippen molar-refractivity contribution < 1.29 is 0 Å². The zero-order valence-corrected chi connectivity index (χ0v) is 7.71. The van der Waals surface area contributed by atoms with E-state index in [4.69, 9.17) is 5.73 Å². The number of nitrogens with one attached hydrogen (secondary N) is 1. The lowest BCUT2D eigenvalue weighted by atomic mass is 9.83. The van der Waals surface area contributed by atoms with Gasteiger partial charge in [-0.3, -0.25) is 5.10 Å². The first-order valence-electron chi connectivity index (χ1n) is 5.13. The highest BCUT2D eigenvalue weighted by Gasteiger charge is 2.42. The number of hydrogen-bond acceptors (Lipinski definition) is 2. The van der Waals surface area contributed by atoms with Crippen LogP contribution in [0.2, 0.25) is 0 Å². The van der Waals surface area contributed by atoms with Crippen LogP contribution in [0.15, 0.2) is 6.07 Å². The molecule has 0 aromatic carbocycles. The van der Waals surface area contributed by atoms with Crippen LogP contribution in [0.3, 0.4) is 0 Å². The predicted molar refractivity (Wildman–Crippen MR) is 50.3 cm³/mol. The van der Waals surface area contributed by atoms with Crippen molar-refractivity contribution in [1.29, 1.82) is 0 Å². The molecule has 0 radical (unpaired) electrons. The van der Waals surface area contributed by atoms with Gasteiger partial charge in [0.15, 0.2) is 0 Å². The summed E-state index contributed by atoms with van der Waals surface area (Å²) in [5, 5.41) is 7.43. The van der Waals surface area contributed by atoms with Gasteiger partial charge in [0.25, 0.3) is 0 Å². The maximum Gasteiger partial charge on any atom is 0.0823 e. The minimum atomic E-state index is -0.0709. The molecule has 2 aliphatic carbocycles. The molecule has 3 rings (SSSR count). The second-order valence-electron chi connectivity index (χ2n) is 4.49. The normalized spacial score (nSPS) is 25.6. The van der Waals surface area contributed by atoms with E-state index in [1.165, 1.54) is 25.0 Å². The van der Waals surface area contributed by atoms with Crippen LogP contribution < -0.4 is 5.73 Å². The maximum atomic E-state index is 6.06. The molecule has 1 heterocycles. The second kappa shape index (κ2) is 2.35. The Morgan fingerprint density at radius 3 is 2.77 bits per heavy atom. The Balaban J connectivity index is 1.85. The van der Waals surface area contributed by atoms with Crippen LogP contribution in [0.25, 0.3) is 0 Å². The SMILES string of the molecule is NC1(c2cc(C3CCC3)[nH]n2)CC1. The molecule has 2 aliphatic rings. The van der Waals surface area contributed by atoms with Crippen LogP contribution in [-0.2, 0) is 5.54 Å². The van der Waals surface area contributed by atoms with Gasteiger partial charge < -0.3 is 5.73 Å². The van der Waals surface area contributed by atoms with Crippen molar-refractivity contribution in [2.75, 3.05) is 0 Å². The van der Waals surface area contributed by atoms with Gasteiger partial charge in [0.05, 0.1) is 11.2 Å². The summed E-state index contributed by atoms with van der Waals surface area (Å²) >= 11 is 0. The van der Waals surface area contributed by atoms with Gasteiger partial charge in [0.1, 0.15) is 0 Å². The molecule has 0 atom stereocenters. The van der Waals surface area contributed by atoms with Gasteiger partial charge in [-0.2, -0.15) is 5.10 Å². The molecule has 2 saturated carbocycles.